The van der Waals surface area contributed by atoms with Crippen molar-refractivity contribution >= 4 is 11.6 Å². The molecule has 158 valence electrons. The Kier molecular flexibility index (Phi) is 6.11. The highest BCUT2D eigenvalue weighted by molar-refractivity contribution is 5.95. The van der Waals surface area contributed by atoms with Crippen molar-refractivity contribution in [2.45, 2.75) is 32.2 Å². The molecule has 1 fully saturated rings. The van der Waals surface area contributed by atoms with Crippen LogP contribution in [-0.2, 0) is 11.2 Å². The molecule has 2 aliphatic rings. The molecule has 2 N–H and O–H groups in total. The number of hydrogen-bond donors (Lipinski definition) is 2. The van der Waals surface area contributed by atoms with Gasteiger partial charge in [-0.25, -0.2) is 14.2 Å². The van der Waals surface area contributed by atoms with Gasteiger partial charge >= 0.3 is 0 Å². The number of benzene rings is 2. The molecule has 2 aromatic carbocycles. The number of hydrazine groups is 1. The predicted molar refractivity (Wildman–Crippen MR) is 111 cm³/mol. The summed E-state index contributed by atoms with van der Waals surface area (Å²) in [6.45, 7) is 3.38. The van der Waals surface area contributed by atoms with Crippen LogP contribution in [0.4, 0.5) is 14.5 Å². The number of rotatable bonds is 5. The molecule has 0 bridgehead atoms. The Hall–Kier alpha value is -2.77. The highest BCUT2D eigenvalue weighted by Crippen LogP contribution is 2.24. The zero-order valence-corrected chi connectivity index (χ0v) is 16.9. The van der Waals surface area contributed by atoms with Gasteiger partial charge in [-0.05, 0) is 61.1 Å². The average Bonchev–Trinajstić information content (AvgIpc) is 3.30. The molecule has 0 spiro atoms. The minimum atomic E-state index is -1.10. The zero-order chi connectivity index (χ0) is 21.1. The first-order chi connectivity index (χ1) is 14.5. The number of nitrogens with one attached hydrogen (secondary N) is 2. The van der Waals surface area contributed by atoms with Gasteiger partial charge in [0.25, 0.3) is 5.91 Å². The van der Waals surface area contributed by atoms with Crippen molar-refractivity contribution in [3.05, 3.63) is 76.5 Å². The van der Waals surface area contributed by atoms with Gasteiger partial charge < -0.3 is 10.1 Å². The molecule has 1 atom stereocenters. The van der Waals surface area contributed by atoms with E-state index in [-0.39, 0.29) is 17.2 Å². The van der Waals surface area contributed by atoms with E-state index in [9.17, 15) is 13.6 Å². The van der Waals surface area contributed by atoms with Gasteiger partial charge in [-0.2, -0.15) is 0 Å². The number of halogens is 2. The monoisotopic (exact) mass is 413 g/mol. The summed E-state index contributed by atoms with van der Waals surface area (Å²) < 4.78 is 34.4. The number of amides is 1. The Morgan fingerprint density at radius 2 is 2.07 bits per heavy atom. The van der Waals surface area contributed by atoms with Gasteiger partial charge in [0.2, 0.25) is 0 Å². The number of ether oxygens (including phenoxy) is 1. The van der Waals surface area contributed by atoms with Crippen LogP contribution in [0.3, 0.4) is 0 Å². The maximum absolute atomic E-state index is 14.6. The van der Waals surface area contributed by atoms with Crippen molar-refractivity contribution in [2.24, 2.45) is 0 Å². The lowest BCUT2D eigenvalue weighted by Crippen LogP contribution is -2.41. The van der Waals surface area contributed by atoms with E-state index in [0.29, 0.717) is 25.2 Å². The van der Waals surface area contributed by atoms with E-state index in [0.717, 1.165) is 30.6 Å². The first kappa shape index (κ1) is 20.5. The van der Waals surface area contributed by atoms with Crippen LogP contribution in [0.1, 0.15) is 39.9 Å². The fourth-order valence-electron chi connectivity index (χ4n) is 3.77. The number of anilines is 1. The van der Waals surface area contributed by atoms with Gasteiger partial charge in [-0.1, -0.05) is 18.2 Å². The summed E-state index contributed by atoms with van der Waals surface area (Å²) in [7, 11) is 0. The Labute approximate surface area is 174 Å². The van der Waals surface area contributed by atoms with Crippen molar-refractivity contribution in [3.63, 3.8) is 0 Å². The first-order valence-electron chi connectivity index (χ1n) is 10.2. The molecule has 2 aromatic rings. The quantitative estimate of drug-likeness (QED) is 0.786. The van der Waals surface area contributed by atoms with Crippen molar-refractivity contribution in [3.8, 4) is 0 Å². The van der Waals surface area contributed by atoms with Crippen LogP contribution in [0, 0.1) is 18.6 Å². The fourth-order valence-corrected chi connectivity index (χ4v) is 3.77. The number of carbonyl (C=O) groups is 1. The topological polar surface area (TPSA) is 53.6 Å². The van der Waals surface area contributed by atoms with Crippen LogP contribution in [0.5, 0.6) is 0 Å². The summed E-state index contributed by atoms with van der Waals surface area (Å²) in [5, 5.41) is 4.68. The molecule has 30 heavy (non-hydrogen) atoms. The summed E-state index contributed by atoms with van der Waals surface area (Å²) in [6, 6.07) is 9.10. The van der Waals surface area contributed by atoms with Crippen molar-refractivity contribution in [1.82, 2.24) is 10.7 Å². The van der Waals surface area contributed by atoms with Gasteiger partial charge in [0.05, 0.1) is 23.9 Å². The lowest BCUT2D eigenvalue weighted by atomic mass is 9.96. The van der Waals surface area contributed by atoms with Gasteiger partial charge in [0.1, 0.15) is 0 Å². The van der Waals surface area contributed by atoms with Gasteiger partial charge in [0.15, 0.2) is 11.6 Å². The van der Waals surface area contributed by atoms with Crippen LogP contribution in [-0.4, -0.2) is 31.7 Å². The normalized spacial score (nSPS) is 18.6. The van der Waals surface area contributed by atoms with Crippen molar-refractivity contribution in [1.29, 1.82) is 0 Å². The van der Waals surface area contributed by atoms with E-state index in [1.165, 1.54) is 13.0 Å². The molecule has 1 amide bonds. The Morgan fingerprint density at radius 1 is 1.27 bits per heavy atom. The maximum atomic E-state index is 14.6. The molecule has 7 heteroatoms. The van der Waals surface area contributed by atoms with Crippen molar-refractivity contribution in [2.75, 3.05) is 24.8 Å². The maximum Gasteiger partial charge on any atom is 0.254 e. The third-order valence-electron chi connectivity index (χ3n) is 5.54. The lowest BCUT2D eigenvalue weighted by molar-refractivity contribution is 0.0622. The number of nitrogens with zero attached hydrogens (tertiary/aromatic N) is 1. The number of hydrogen-bond acceptors (Lipinski definition) is 4. The summed E-state index contributed by atoms with van der Waals surface area (Å²) in [4.78, 5) is 12.6. The Morgan fingerprint density at radius 3 is 2.73 bits per heavy atom. The second-order valence-corrected chi connectivity index (χ2v) is 7.68. The standard InChI is InChI=1S/C23H25F2N3O2/c1-15-17(12-16-5-7-19(8-6-16)28-10-3-9-26-28)13-20(22(25)21(15)24)23(29)27-18-4-2-11-30-14-18/h3,5-8,10,13,18,26H,2,4,9,11-12,14H2,1H3,(H,27,29). The largest absolute Gasteiger partial charge is 0.379 e. The predicted octanol–water partition coefficient (Wildman–Crippen LogP) is 3.61. The van der Waals surface area contributed by atoms with Crippen LogP contribution in [0.15, 0.2) is 42.6 Å². The summed E-state index contributed by atoms with van der Waals surface area (Å²) in [5.41, 5.74) is 5.68. The molecule has 1 unspecified atom stereocenters. The van der Waals surface area contributed by atoms with Gasteiger partial charge in [-0.15, -0.1) is 0 Å². The molecule has 1 saturated heterocycles. The first-order valence-corrected chi connectivity index (χ1v) is 10.2. The van der Waals surface area contributed by atoms with Crippen molar-refractivity contribution < 1.29 is 18.3 Å². The minimum absolute atomic E-state index is 0.181. The Balaban J connectivity index is 1.54. The van der Waals surface area contributed by atoms with Crippen LogP contribution >= 0.6 is 0 Å². The smallest absolute Gasteiger partial charge is 0.254 e. The second kappa shape index (κ2) is 8.93. The van der Waals surface area contributed by atoms with Crippen LogP contribution < -0.4 is 15.8 Å². The van der Waals surface area contributed by atoms with E-state index in [1.54, 1.807) is 0 Å². The molecule has 0 aromatic heterocycles. The second-order valence-electron chi connectivity index (χ2n) is 7.68. The molecule has 2 heterocycles. The molecule has 0 aliphatic carbocycles. The van der Waals surface area contributed by atoms with E-state index < -0.39 is 17.5 Å². The Bertz CT molecular complexity index is 954. The van der Waals surface area contributed by atoms with Crippen LogP contribution in [0.2, 0.25) is 0 Å². The molecule has 0 radical (unpaired) electrons. The number of carbonyl (C=O) groups excluding carboxylic acids is 1. The van der Waals surface area contributed by atoms with E-state index in [4.69, 9.17) is 4.74 Å². The summed E-state index contributed by atoms with van der Waals surface area (Å²) in [5.74, 6) is -2.68. The van der Waals surface area contributed by atoms with Crippen LogP contribution in [0.25, 0.3) is 0 Å². The zero-order valence-electron chi connectivity index (χ0n) is 16.9. The van der Waals surface area contributed by atoms with E-state index in [1.807, 2.05) is 41.6 Å². The molecular formula is C23H25F2N3O2. The highest BCUT2D eigenvalue weighted by atomic mass is 19.2. The molecule has 5 nitrogen and oxygen atoms in total. The minimum Gasteiger partial charge on any atom is -0.379 e. The molecule has 0 saturated carbocycles. The van der Waals surface area contributed by atoms with E-state index >= 15 is 0 Å². The molecule has 2 aliphatic heterocycles. The van der Waals surface area contributed by atoms with E-state index in [2.05, 4.69) is 10.7 Å². The third-order valence-corrected chi connectivity index (χ3v) is 5.54. The lowest BCUT2D eigenvalue weighted by Gasteiger charge is -2.23. The highest BCUT2D eigenvalue weighted by Gasteiger charge is 2.23. The average molecular weight is 413 g/mol. The fraction of sp³-hybridized carbons (Fsp3) is 0.348. The molecular weight excluding hydrogens is 388 g/mol. The van der Waals surface area contributed by atoms with Gasteiger partial charge in [0, 0.05) is 19.4 Å². The summed E-state index contributed by atoms with van der Waals surface area (Å²) in [6.07, 6.45) is 5.97. The summed E-state index contributed by atoms with van der Waals surface area (Å²) >= 11 is 0. The molecule has 4 rings (SSSR count). The SMILES string of the molecule is Cc1c(Cc2ccc(N3C=CCN3)cc2)cc(C(=O)NC2CCCOC2)c(F)c1F. The van der Waals surface area contributed by atoms with Gasteiger partial charge in [-0.3, -0.25) is 9.80 Å². The third kappa shape index (κ3) is 4.37.